The van der Waals surface area contributed by atoms with Crippen molar-refractivity contribution in [3.05, 3.63) is 40.8 Å². The van der Waals surface area contributed by atoms with Crippen molar-refractivity contribution in [3.8, 4) is 26.9 Å². The molecule has 7 nitrogen and oxygen atoms in total. The van der Waals surface area contributed by atoms with Crippen molar-refractivity contribution in [3.63, 3.8) is 0 Å². The molecule has 1 fully saturated rings. The lowest BCUT2D eigenvalue weighted by Gasteiger charge is -2.13. The maximum atomic E-state index is 14.7. The monoisotopic (exact) mass is 461 g/mol. The molecule has 1 aliphatic heterocycles. The van der Waals surface area contributed by atoms with Crippen LogP contribution in [0.4, 0.5) is 10.2 Å². The molecule has 1 aliphatic rings. The van der Waals surface area contributed by atoms with Crippen LogP contribution in [0, 0.1) is 12.7 Å². The summed E-state index contributed by atoms with van der Waals surface area (Å²) < 4.78 is 20.3. The molecule has 2 aromatic heterocycles. The molecule has 0 spiro atoms. The molecule has 0 saturated carbocycles. The number of nitrogens with one attached hydrogen (secondary N) is 2. The van der Waals surface area contributed by atoms with Gasteiger partial charge in [-0.05, 0) is 39.0 Å². The lowest BCUT2D eigenvalue weighted by molar-refractivity contribution is -0.119. The molecule has 0 bridgehead atoms. The minimum Gasteiger partial charge on any atom is -0.485 e. The first kappa shape index (κ1) is 21.5. The molecule has 1 atom stereocenters. The molecule has 3 aromatic rings. The third-order valence-electron chi connectivity index (χ3n) is 4.55. The van der Waals surface area contributed by atoms with Crippen LogP contribution in [0.2, 0.25) is 5.02 Å². The summed E-state index contributed by atoms with van der Waals surface area (Å²) in [5, 5.41) is 15.9. The highest BCUT2D eigenvalue weighted by molar-refractivity contribution is 7.18. The van der Waals surface area contributed by atoms with E-state index < -0.39 is 11.9 Å². The average molecular weight is 462 g/mol. The summed E-state index contributed by atoms with van der Waals surface area (Å²) in [6.45, 7) is 6.33. The highest BCUT2D eigenvalue weighted by Crippen LogP contribution is 2.38. The van der Waals surface area contributed by atoms with Gasteiger partial charge in [0, 0.05) is 28.9 Å². The molecule has 0 radical (unpaired) electrons. The van der Waals surface area contributed by atoms with E-state index in [1.54, 1.807) is 0 Å². The number of anilines is 1. The number of nitrogens with zero attached hydrogens (tertiary/aromatic N) is 3. The predicted molar refractivity (Wildman–Crippen MR) is 119 cm³/mol. The van der Waals surface area contributed by atoms with Gasteiger partial charge in [0.2, 0.25) is 5.91 Å². The van der Waals surface area contributed by atoms with Crippen molar-refractivity contribution in [2.45, 2.75) is 39.3 Å². The Morgan fingerprint density at radius 2 is 2.03 bits per heavy atom. The molecule has 1 aromatic carbocycles. The first-order valence-electron chi connectivity index (χ1n) is 9.80. The molecule has 3 heterocycles. The Morgan fingerprint density at radius 1 is 1.26 bits per heavy atom. The third kappa shape index (κ3) is 4.94. The molecule has 0 unspecified atom stereocenters. The smallest absolute Gasteiger partial charge is 0.223 e. The van der Waals surface area contributed by atoms with Gasteiger partial charge >= 0.3 is 0 Å². The van der Waals surface area contributed by atoms with Crippen LogP contribution in [0.3, 0.4) is 0 Å². The molecule has 1 saturated heterocycles. The average Bonchev–Trinajstić information content (AvgIpc) is 3.33. The Kier molecular flexibility index (Phi) is 6.06. The van der Waals surface area contributed by atoms with Gasteiger partial charge in [0.1, 0.15) is 21.9 Å². The summed E-state index contributed by atoms with van der Waals surface area (Å²) in [7, 11) is 0. The lowest BCUT2D eigenvalue weighted by Crippen LogP contribution is -2.20. The number of hydrogen-bond donors (Lipinski definition) is 2. The molecular formula is C21H21ClFN5O2S. The maximum Gasteiger partial charge on any atom is 0.223 e. The van der Waals surface area contributed by atoms with Gasteiger partial charge in [-0.25, -0.2) is 9.37 Å². The van der Waals surface area contributed by atoms with Crippen LogP contribution in [-0.2, 0) is 4.79 Å². The van der Waals surface area contributed by atoms with E-state index in [0.717, 1.165) is 17.1 Å². The minimum atomic E-state index is -0.571. The molecule has 2 N–H and O–H groups in total. The van der Waals surface area contributed by atoms with E-state index in [9.17, 15) is 9.18 Å². The van der Waals surface area contributed by atoms with Gasteiger partial charge in [0.05, 0.1) is 18.0 Å². The number of carbonyl (C=O) groups excluding carboxylic acids is 1. The molecular weight excluding hydrogens is 441 g/mol. The SMILES string of the molecule is Cc1cc(-c2nnc(-c3cc(F)c(O[C@@H]4CNC(=O)C4)cc3Cl)s2)cc(NC(C)C)n1. The summed E-state index contributed by atoms with van der Waals surface area (Å²) in [6, 6.07) is 6.78. The zero-order chi connectivity index (χ0) is 22.1. The summed E-state index contributed by atoms with van der Waals surface area (Å²) in [4.78, 5) is 15.8. The fourth-order valence-corrected chi connectivity index (χ4v) is 4.40. The molecule has 10 heteroatoms. The first-order chi connectivity index (χ1) is 14.8. The number of carbonyl (C=O) groups is 1. The second-order valence-electron chi connectivity index (χ2n) is 7.60. The highest BCUT2D eigenvalue weighted by Gasteiger charge is 2.25. The Labute approximate surface area is 188 Å². The molecule has 4 rings (SSSR count). The van der Waals surface area contributed by atoms with Gasteiger partial charge in [-0.2, -0.15) is 0 Å². The zero-order valence-corrected chi connectivity index (χ0v) is 18.8. The van der Waals surface area contributed by atoms with Gasteiger partial charge in [-0.15, -0.1) is 10.2 Å². The topological polar surface area (TPSA) is 89.0 Å². The lowest BCUT2D eigenvalue weighted by atomic mass is 10.2. The number of ether oxygens (including phenoxy) is 1. The molecule has 0 aliphatic carbocycles. The van der Waals surface area contributed by atoms with Gasteiger partial charge < -0.3 is 15.4 Å². The van der Waals surface area contributed by atoms with Gasteiger partial charge in [0.15, 0.2) is 11.6 Å². The third-order valence-corrected chi connectivity index (χ3v) is 5.87. The minimum absolute atomic E-state index is 0.00847. The van der Waals surface area contributed by atoms with E-state index in [4.69, 9.17) is 16.3 Å². The number of aromatic nitrogens is 3. The normalized spacial score (nSPS) is 15.9. The van der Waals surface area contributed by atoms with Gasteiger partial charge in [0.25, 0.3) is 0 Å². The molecule has 31 heavy (non-hydrogen) atoms. The largest absolute Gasteiger partial charge is 0.485 e. The zero-order valence-electron chi connectivity index (χ0n) is 17.2. The van der Waals surface area contributed by atoms with E-state index >= 15 is 0 Å². The summed E-state index contributed by atoms with van der Waals surface area (Å²) in [5.41, 5.74) is 2.15. The Morgan fingerprint density at radius 3 is 2.74 bits per heavy atom. The van der Waals surface area contributed by atoms with E-state index in [2.05, 4.69) is 25.8 Å². The number of pyridine rings is 1. The van der Waals surface area contributed by atoms with Crippen molar-refractivity contribution in [1.82, 2.24) is 20.5 Å². The standard InChI is InChI=1S/C21H21ClFN5O2S/c1-10(2)25-18-5-12(4-11(3)26-18)20-27-28-21(31-20)14-7-16(23)17(8-15(14)22)30-13-6-19(29)24-9-13/h4-5,7-8,10,13H,6,9H2,1-3H3,(H,24,29)(H,25,26)/t13-/m0/s1. The van der Waals surface area contributed by atoms with Crippen LogP contribution in [0.15, 0.2) is 24.3 Å². The summed E-state index contributed by atoms with van der Waals surface area (Å²) in [6.07, 6.45) is -0.224. The fraction of sp³-hybridized carbons (Fsp3) is 0.333. The first-order valence-corrected chi connectivity index (χ1v) is 11.0. The van der Waals surface area contributed by atoms with Crippen LogP contribution >= 0.6 is 22.9 Å². The van der Waals surface area contributed by atoms with Crippen molar-refractivity contribution in [2.24, 2.45) is 0 Å². The van der Waals surface area contributed by atoms with Crippen LogP contribution < -0.4 is 15.4 Å². The second kappa shape index (κ2) is 8.76. The van der Waals surface area contributed by atoms with Gasteiger partial charge in [-0.1, -0.05) is 22.9 Å². The summed E-state index contributed by atoms with van der Waals surface area (Å²) >= 11 is 7.72. The number of amides is 1. The fourth-order valence-electron chi connectivity index (χ4n) is 3.23. The maximum absolute atomic E-state index is 14.7. The Hall–Kier alpha value is -2.78. The second-order valence-corrected chi connectivity index (χ2v) is 8.99. The van der Waals surface area contributed by atoms with Crippen LogP contribution in [0.1, 0.15) is 26.0 Å². The molecule has 1 amide bonds. The molecule has 162 valence electrons. The number of aryl methyl sites for hydroxylation is 1. The quantitative estimate of drug-likeness (QED) is 0.563. The number of halogens is 2. The van der Waals surface area contributed by atoms with E-state index in [-0.39, 0.29) is 24.1 Å². The number of rotatable bonds is 6. The van der Waals surface area contributed by atoms with E-state index in [1.807, 2.05) is 32.9 Å². The van der Waals surface area contributed by atoms with E-state index in [0.29, 0.717) is 27.1 Å². The summed E-state index contributed by atoms with van der Waals surface area (Å²) in [5.74, 6) is 0.0765. The Balaban J connectivity index is 1.60. The van der Waals surface area contributed by atoms with Gasteiger partial charge in [-0.3, -0.25) is 4.79 Å². The van der Waals surface area contributed by atoms with Crippen molar-refractivity contribution in [1.29, 1.82) is 0 Å². The van der Waals surface area contributed by atoms with Crippen molar-refractivity contribution >= 4 is 34.7 Å². The van der Waals surface area contributed by atoms with Crippen LogP contribution in [-0.4, -0.2) is 39.8 Å². The van der Waals surface area contributed by atoms with Crippen molar-refractivity contribution in [2.75, 3.05) is 11.9 Å². The highest BCUT2D eigenvalue weighted by atomic mass is 35.5. The van der Waals surface area contributed by atoms with Crippen LogP contribution in [0.25, 0.3) is 21.1 Å². The predicted octanol–water partition coefficient (Wildman–Crippen LogP) is 4.46. The van der Waals surface area contributed by atoms with Crippen LogP contribution in [0.5, 0.6) is 5.75 Å². The number of hydrogen-bond acceptors (Lipinski definition) is 7. The van der Waals surface area contributed by atoms with E-state index in [1.165, 1.54) is 23.5 Å². The number of benzene rings is 1. The van der Waals surface area contributed by atoms with Crippen molar-refractivity contribution < 1.29 is 13.9 Å². The Bertz CT molecular complexity index is 1140.